The lowest BCUT2D eigenvalue weighted by Gasteiger charge is -2.35. The summed E-state index contributed by atoms with van der Waals surface area (Å²) in [5.74, 6) is -2.87. The van der Waals surface area contributed by atoms with Crippen molar-refractivity contribution in [2.24, 2.45) is 0 Å². The van der Waals surface area contributed by atoms with Crippen LogP contribution < -0.4 is 14.8 Å². The van der Waals surface area contributed by atoms with E-state index in [4.69, 9.17) is 0 Å². The van der Waals surface area contributed by atoms with Crippen LogP contribution in [0.25, 0.3) is 0 Å². The third-order valence-electron chi connectivity index (χ3n) is 6.92. The van der Waals surface area contributed by atoms with Gasteiger partial charge in [0.2, 0.25) is 5.91 Å². The summed E-state index contributed by atoms with van der Waals surface area (Å²) in [7, 11) is 0. The molecule has 0 aliphatic carbocycles. The van der Waals surface area contributed by atoms with Crippen molar-refractivity contribution in [1.82, 2.24) is 5.32 Å². The molecule has 4 aromatic carbocycles. The summed E-state index contributed by atoms with van der Waals surface area (Å²) in [5.41, 5.74) is -6.52. The molecular formula is C32H21F12NO3. The number of benzene rings is 4. The normalized spacial score (nSPS) is 12.8. The number of hydrogen-bond acceptors (Lipinski definition) is 3. The molecule has 0 bridgehead atoms. The van der Waals surface area contributed by atoms with Gasteiger partial charge in [0.05, 0.1) is 11.1 Å². The summed E-state index contributed by atoms with van der Waals surface area (Å²) < 4.78 is 168. The zero-order valence-corrected chi connectivity index (χ0v) is 23.9. The number of carbonyl (C=O) groups excluding carboxylic acids is 1. The van der Waals surface area contributed by atoms with Crippen LogP contribution in [0, 0.1) is 0 Å². The van der Waals surface area contributed by atoms with E-state index in [2.05, 4.69) is 14.8 Å². The molecule has 1 N–H and O–H groups in total. The Kier molecular flexibility index (Phi) is 9.97. The molecular weight excluding hydrogens is 674 g/mol. The van der Waals surface area contributed by atoms with Crippen molar-refractivity contribution in [3.63, 3.8) is 0 Å². The minimum atomic E-state index is -5.21. The molecule has 48 heavy (non-hydrogen) atoms. The van der Waals surface area contributed by atoms with Crippen LogP contribution in [0.5, 0.6) is 11.5 Å². The molecule has 0 aliphatic rings. The lowest BCUT2D eigenvalue weighted by atomic mass is 9.69. The standard InChI is InChI=1S/C32H21F12NO3/c33-29(34,35)23-12-20(13-24(14-23)30(36,37)38)18-45-27(46)28(17-19-6-2-1-3-7-19,21-8-4-10-25(15-21)47-31(39,40)41)22-9-5-11-26(16-22)48-32(42,43)44/h1-16H,17-18H2,(H,45,46). The average molecular weight is 696 g/mol. The maximum Gasteiger partial charge on any atom is 0.573 e. The number of alkyl halides is 12. The van der Waals surface area contributed by atoms with Crippen molar-refractivity contribution in [3.05, 3.63) is 130 Å². The van der Waals surface area contributed by atoms with Crippen molar-refractivity contribution in [1.29, 1.82) is 0 Å². The first-order valence-corrected chi connectivity index (χ1v) is 13.5. The number of hydrogen-bond donors (Lipinski definition) is 1. The molecule has 0 spiro atoms. The van der Waals surface area contributed by atoms with Crippen molar-refractivity contribution < 1.29 is 67.0 Å². The van der Waals surface area contributed by atoms with Crippen LogP contribution in [-0.4, -0.2) is 18.6 Å². The highest BCUT2D eigenvalue weighted by molar-refractivity contribution is 5.93. The molecule has 256 valence electrons. The van der Waals surface area contributed by atoms with Crippen molar-refractivity contribution >= 4 is 5.91 Å². The molecule has 0 aliphatic heterocycles. The summed E-state index contributed by atoms with van der Waals surface area (Å²) in [4.78, 5) is 14.3. The summed E-state index contributed by atoms with van der Waals surface area (Å²) >= 11 is 0. The number of halogens is 12. The van der Waals surface area contributed by atoms with Crippen LogP contribution in [0.1, 0.15) is 33.4 Å². The van der Waals surface area contributed by atoms with E-state index in [1.807, 2.05) is 0 Å². The first-order valence-electron chi connectivity index (χ1n) is 13.5. The fourth-order valence-corrected chi connectivity index (χ4v) is 4.99. The van der Waals surface area contributed by atoms with Gasteiger partial charge in [-0.15, -0.1) is 26.3 Å². The van der Waals surface area contributed by atoms with Gasteiger partial charge in [-0.05, 0) is 71.1 Å². The smallest absolute Gasteiger partial charge is 0.406 e. The van der Waals surface area contributed by atoms with Crippen LogP contribution in [0.15, 0.2) is 97.1 Å². The molecule has 0 saturated heterocycles. The quantitative estimate of drug-likeness (QED) is 0.178. The Balaban J connectivity index is 1.92. The van der Waals surface area contributed by atoms with E-state index >= 15 is 0 Å². The Labute approximate surface area is 263 Å². The topological polar surface area (TPSA) is 47.6 Å². The van der Waals surface area contributed by atoms with Crippen LogP contribution in [0.2, 0.25) is 0 Å². The predicted octanol–water partition coefficient (Wildman–Crippen LogP) is 9.37. The molecule has 4 rings (SSSR count). The fraction of sp³-hybridized carbons (Fsp3) is 0.219. The molecule has 0 aromatic heterocycles. The van der Waals surface area contributed by atoms with E-state index in [0.717, 1.165) is 48.5 Å². The number of carbonyl (C=O) groups is 1. The molecule has 4 nitrogen and oxygen atoms in total. The summed E-state index contributed by atoms with van der Waals surface area (Å²) in [6.45, 7) is -0.958. The molecule has 16 heteroatoms. The highest BCUT2D eigenvalue weighted by Gasteiger charge is 2.44. The second-order valence-electron chi connectivity index (χ2n) is 10.3. The minimum absolute atomic E-state index is 0.122. The fourth-order valence-electron chi connectivity index (χ4n) is 4.99. The van der Waals surface area contributed by atoms with Gasteiger partial charge >= 0.3 is 25.1 Å². The van der Waals surface area contributed by atoms with Crippen LogP contribution in [0.3, 0.4) is 0 Å². The van der Waals surface area contributed by atoms with Crippen LogP contribution >= 0.6 is 0 Å². The largest absolute Gasteiger partial charge is 0.573 e. The predicted molar refractivity (Wildman–Crippen MR) is 145 cm³/mol. The van der Waals surface area contributed by atoms with Gasteiger partial charge < -0.3 is 14.8 Å². The number of rotatable bonds is 9. The van der Waals surface area contributed by atoms with E-state index in [1.165, 1.54) is 24.3 Å². The molecule has 0 unspecified atom stereocenters. The second kappa shape index (κ2) is 13.3. The van der Waals surface area contributed by atoms with Gasteiger partial charge in [-0.25, -0.2) is 0 Å². The van der Waals surface area contributed by atoms with Crippen LogP contribution in [0.4, 0.5) is 52.7 Å². The van der Waals surface area contributed by atoms with Gasteiger partial charge in [-0.3, -0.25) is 4.79 Å². The average Bonchev–Trinajstić information content (AvgIpc) is 2.96. The Bertz CT molecular complexity index is 1640. The lowest BCUT2D eigenvalue weighted by Crippen LogP contribution is -2.47. The highest BCUT2D eigenvalue weighted by atomic mass is 19.4. The maximum absolute atomic E-state index is 14.3. The third-order valence-corrected chi connectivity index (χ3v) is 6.92. The minimum Gasteiger partial charge on any atom is -0.406 e. The zero-order valence-electron chi connectivity index (χ0n) is 23.9. The van der Waals surface area contributed by atoms with Gasteiger partial charge in [-0.2, -0.15) is 26.3 Å². The SMILES string of the molecule is O=C(NCc1cc(C(F)(F)F)cc(C(F)(F)F)c1)C(Cc1ccccc1)(c1cccc(OC(F)(F)F)c1)c1cccc(OC(F)(F)F)c1. The second-order valence-corrected chi connectivity index (χ2v) is 10.3. The van der Waals surface area contributed by atoms with E-state index in [1.54, 1.807) is 6.07 Å². The van der Waals surface area contributed by atoms with E-state index < -0.39 is 77.6 Å². The highest BCUT2D eigenvalue weighted by Crippen LogP contribution is 2.41. The van der Waals surface area contributed by atoms with Gasteiger partial charge in [0.1, 0.15) is 16.9 Å². The van der Waals surface area contributed by atoms with Crippen molar-refractivity contribution in [2.45, 2.75) is 43.5 Å². The Hall–Kier alpha value is -4.89. The van der Waals surface area contributed by atoms with Crippen molar-refractivity contribution in [2.75, 3.05) is 0 Å². The number of amides is 1. The Morgan fingerprint density at radius 3 is 1.40 bits per heavy atom. The summed E-state index contributed by atoms with van der Waals surface area (Å²) in [5, 5.41) is 2.25. The number of ether oxygens (including phenoxy) is 2. The molecule has 1 amide bonds. The first-order chi connectivity index (χ1) is 22.2. The van der Waals surface area contributed by atoms with E-state index in [0.29, 0.717) is 17.7 Å². The number of nitrogens with one attached hydrogen (secondary N) is 1. The maximum atomic E-state index is 14.3. The van der Waals surface area contributed by atoms with E-state index in [9.17, 15) is 57.5 Å². The van der Waals surface area contributed by atoms with Gasteiger partial charge in [0.15, 0.2) is 0 Å². The zero-order chi connectivity index (χ0) is 35.5. The summed E-state index contributed by atoms with van der Waals surface area (Å²) in [6, 6.07) is 16.0. The molecule has 0 heterocycles. The molecule has 0 radical (unpaired) electrons. The van der Waals surface area contributed by atoms with Crippen molar-refractivity contribution in [3.8, 4) is 11.5 Å². The third kappa shape index (κ3) is 9.13. The molecule has 0 atom stereocenters. The molecule has 0 saturated carbocycles. The lowest BCUT2D eigenvalue weighted by molar-refractivity contribution is -0.275. The van der Waals surface area contributed by atoms with Crippen LogP contribution in [-0.2, 0) is 35.5 Å². The first kappa shape index (κ1) is 36.0. The van der Waals surface area contributed by atoms with Gasteiger partial charge in [0.25, 0.3) is 0 Å². The monoisotopic (exact) mass is 695 g/mol. The van der Waals surface area contributed by atoms with E-state index in [-0.39, 0.29) is 17.2 Å². The van der Waals surface area contributed by atoms with Gasteiger partial charge in [0, 0.05) is 6.54 Å². The Morgan fingerprint density at radius 2 is 0.979 bits per heavy atom. The summed E-state index contributed by atoms with van der Waals surface area (Å²) in [6.07, 6.45) is -21.3. The molecule has 0 fully saturated rings. The molecule has 4 aromatic rings. The van der Waals surface area contributed by atoms with Gasteiger partial charge in [-0.1, -0.05) is 54.6 Å². The Morgan fingerprint density at radius 1 is 0.521 bits per heavy atom.